The van der Waals surface area contributed by atoms with Crippen LogP contribution < -0.4 is 5.73 Å². The molecule has 0 amide bonds. The van der Waals surface area contributed by atoms with Gasteiger partial charge < -0.3 is 10.5 Å². The summed E-state index contributed by atoms with van der Waals surface area (Å²) < 4.78 is 4.40. The van der Waals surface area contributed by atoms with Crippen molar-refractivity contribution in [1.29, 1.82) is 0 Å². The number of anilines is 1. The zero-order valence-electron chi connectivity index (χ0n) is 8.12. The fourth-order valence-corrected chi connectivity index (χ4v) is 1.23. The largest absolute Gasteiger partial charge is 0.398 e. The molecule has 80 valence electrons. The first-order valence-electron chi connectivity index (χ1n) is 4.21. The van der Waals surface area contributed by atoms with Gasteiger partial charge in [-0.25, -0.2) is 4.79 Å². The van der Waals surface area contributed by atoms with Crippen molar-refractivity contribution >= 4 is 29.2 Å². The van der Waals surface area contributed by atoms with E-state index in [1.54, 1.807) is 12.1 Å². The van der Waals surface area contributed by atoms with Crippen LogP contribution in [0.5, 0.6) is 0 Å². The standard InChI is InChI=1S/C10H10ClNO3/c1-6(13)15-10(14)8-3-2-7(5-11)4-9(8)12/h2-4H,5,12H2,1H3. The molecule has 0 aromatic heterocycles. The summed E-state index contributed by atoms with van der Waals surface area (Å²) in [6.45, 7) is 1.15. The molecular weight excluding hydrogens is 218 g/mol. The van der Waals surface area contributed by atoms with E-state index in [1.165, 1.54) is 6.07 Å². The van der Waals surface area contributed by atoms with Gasteiger partial charge in [-0.2, -0.15) is 0 Å². The van der Waals surface area contributed by atoms with Crippen LogP contribution in [-0.4, -0.2) is 11.9 Å². The maximum Gasteiger partial charge on any atom is 0.347 e. The number of esters is 2. The lowest BCUT2D eigenvalue weighted by Gasteiger charge is -2.05. The predicted molar refractivity (Wildman–Crippen MR) is 56.5 cm³/mol. The Kier molecular flexibility index (Phi) is 3.68. The summed E-state index contributed by atoms with van der Waals surface area (Å²) in [6.07, 6.45) is 0. The van der Waals surface area contributed by atoms with E-state index in [0.29, 0.717) is 5.88 Å². The minimum absolute atomic E-state index is 0.166. The van der Waals surface area contributed by atoms with E-state index in [2.05, 4.69) is 4.74 Å². The summed E-state index contributed by atoms with van der Waals surface area (Å²) in [7, 11) is 0. The lowest BCUT2D eigenvalue weighted by Crippen LogP contribution is -2.11. The first kappa shape index (κ1) is 11.5. The minimum Gasteiger partial charge on any atom is -0.398 e. The Hall–Kier alpha value is -1.55. The maximum atomic E-state index is 11.3. The third-order valence-electron chi connectivity index (χ3n) is 1.73. The normalized spacial score (nSPS) is 9.73. The summed E-state index contributed by atoms with van der Waals surface area (Å²) in [4.78, 5) is 21.9. The molecule has 1 aromatic carbocycles. The number of hydrogen-bond donors (Lipinski definition) is 1. The molecule has 0 heterocycles. The van der Waals surface area contributed by atoms with Gasteiger partial charge in [-0.3, -0.25) is 4.79 Å². The van der Waals surface area contributed by atoms with E-state index in [-0.39, 0.29) is 11.3 Å². The number of hydrogen-bond acceptors (Lipinski definition) is 4. The Labute approximate surface area is 92.0 Å². The van der Waals surface area contributed by atoms with Gasteiger partial charge in [0.1, 0.15) is 0 Å². The van der Waals surface area contributed by atoms with E-state index in [1.807, 2.05) is 0 Å². The molecule has 1 rings (SSSR count). The van der Waals surface area contributed by atoms with Gasteiger partial charge in [0, 0.05) is 18.5 Å². The number of carbonyl (C=O) groups is 2. The molecule has 0 aliphatic heterocycles. The number of alkyl halides is 1. The van der Waals surface area contributed by atoms with Crippen LogP contribution in [0.3, 0.4) is 0 Å². The molecule has 0 spiro atoms. The zero-order valence-corrected chi connectivity index (χ0v) is 8.88. The Balaban J connectivity index is 2.95. The van der Waals surface area contributed by atoms with E-state index in [4.69, 9.17) is 17.3 Å². The molecule has 0 unspecified atom stereocenters. The Morgan fingerprint density at radius 3 is 2.60 bits per heavy atom. The molecule has 0 saturated heterocycles. The molecule has 2 N–H and O–H groups in total. The van der Waals surface area contributed by atoms with Crippen LogP contribution in [-0.2, 0) is 15.4 Å². The van der Waals surface area contributed by atoms with Crippen molar-refractivity contribution < 1.29 is 14.3 Å². The highest BCUT2D eigenvalue weighted by Crippen LogP contribution is 2.16. The van der Waals surface area contributed by atoms with Gasteiger partial charge in [-0.15, -0.1) is 11.6 Å². The fourth-order valence-electron chi connectivity index (χ4n) is 1.07. The highest BCUT2D eigenvalue weighted by Gasteiger charge is 2.13. The van der Waals surface area contributed by atoms with Gasteiger partial charge in [-0.05, 0) is 17.7 Å². The first-order chi connectivity index (χ1) is 7.04. The number of benzene rings is 1. The molecule has 0 saturated carbocycles. The SMILES string of the molecule is CC(=O)OC(=O)c1ccc(CCl)cc1N. The van der Waals surface area contributed by atoms with Gasteiger partial charge in [0.05, 0.1) is 5.56 Å². The van der Waals surface area contributed by atoms with Crippen LogP contribution in [0.2, 0.25) is 0 Å². The summed E-state index contributed by atoms with van der Waals surface area (Å²) in [5, 5.41) is 0. The number of halogens is 1. The average molecular weight is 228 g/mol. The highest BCUT2D eigenvalue weighted by molar-refractivity contribution is 6.17. The molecule has 0 aliphatic rings. The fraction of sp³-hybridized carbons (Fsp3) is 0.200. The second kappa shape index (κ2) is 4.79. The second-order valence-corrected chi connectivity index (χ2v) is 3.20. The Morgan fingerprint density at radius 1 is 1.47 bits per heavy atom. The molecule has 0 aliphatic carbocycles. The van der Waals surface area contributed by atoms with Crippen molar-refractivity contribution in [2.75, 3.05) is 5.73 Å². The lowest BCUT2D eigenvalue weighted by molar-refractivity contribution is -0.135. The molecule has 0 radical (unpaired) electrons. The van der Waals surface area contributed by atoms with Gasteiger partial charge >= 0.3 is 11.9 Å². The summed E-state index contributed by atoms with van der Waals surface area (Å²) in [5.74, 6) is -1.10. The molecule has 4 nitrogen and oxygen atoms in total. The third-order valence-corrected chi connectivity index (χ3v) is 2.04. The van der Waals surface area contributed by atoms with E-state index in [9.17, 15) is 9.59 Å². The van der Waals surface area contributed by atoms with Crippen LogP contribution >= 0.6 is 11.6 Å². The molecule has 15 heavy (non-hydrogen) atoms. The third kappa shape index (κ3) is 2.95. The van der Waals surface area contributed by atoms with Gasteiger partial charge in [0.25, 0.3) is 0 Å². The average Bonchev–Trinajstić information content (AvgIpc) is 2.16. The highest BCUT2D eigenvalue weighted by atomic mass is 35.5. The molecule has 0 fully saturated rings. The van der Waals surface area contributed by atoms with E-state index < -0.39 is 11.9 Å². The second-order valence-electron chi connectivity index (χ2n) is 2.94. The molecule has 1 aromatic rings. The van der Waals surface area contributed by atoms with Crippen LogP contribution in [0.15, 0.2) is 18.2 Å². The van der Waals surface area contributed by atoms with Crippen molar-refractivity contribution in [3.8, 4) is 0 Å². The van der Waals surface area contributed by atoms with Crippen molar-refractivity contribution in [3.05, 3.63) is 29.3 Å². The van der Waals surface area contributed by atoms with Crippen LogP contribution in [0.1, 0.15) is 22.8 Å². The monoisotopic (exact) mass is 227 g/mol. The predicted octanol–water partition coefficient (Wildman–Crippen LogP) is 1.71. The smallest absolute Gasteiger partial charge is 0.347 e. The lowest BCUT2D eigenvalue weighted by atomic mass is 10.1. The van der Waals surface area contributed by atoms with Gasteiger partial charge in [0.2, 0.25) is 0 Å². The number of nitrogen functional groups attached to an aromatic ring is 1. The number of rotatable bonds is 2. The quantitative estimate of drug-likeness (QED) is 0.361. The molecular formula is C10H10ClNO3. The summed E-state index contributed by atoms with van der Waals surface area (Å²) >= 11 is 5.59. The molecule has 0 bridgehead atoms. The molecule has 5 heteroatoms. The van der Waals surface area contributed by atoms with Crippen LogP contribution in [0.25, 0.3) is 0 Å². The Morgan fingerprint density at radius 2 is 2.13 bits per heavy atom. The summed E-state index contributed by atoms with van der Waals surface area (Å²) in [5.41, 5.74) is 6.82. The van der Waals surface area contributed by atoms with Crippen molar-refractivity contribution in [1.82, 2.24) is 0 Å². The van der Waals surface area contributed by atoms with Crippen molar-refractivity contribution in [3.63, 3.8) is 0 Å². The van der Waals surface area contributed by atoms with E-state index in [0.717, 1.165) is 12.5 Å². The van der Waals surface area contributed by atoms with Crippen molar-refractivity contribution in [2.45, 2.75) is 12.8 Å². The molecule has 0 atom stereocenters. The van der Waals surface area contributed by atoms with Crippen LogP contribution in [0, 0.1) is 0 Å². The summed E-state index contributed by atoms with van der Waals surface area (Å²) in [6, 6.07) is 4.71. The number of nitrogens with two attached hydrogens (primary N) is 1. The van der Waals surface area contributed by atoms with Crippen LogP contribution in [0.4, 0.5) is 5.69 Å². The number of ether oxygens (including phenoxy) is 1. The minimum atomic E-state index is -0.749. The topological polar surface area (TPSA) is 69.4 Å². The zero-order chi connectivity index (χ0) is 11.4. The number of carbonyl (C=O) groups excluding carboxylic acids is 2. The van der Waals surface area contributed by atoms with Crippen molar-refractivity contribution in [2.24, 2.45) is 0 Å². The Bertz CT molecular complexity index is 404. The van der Waals surface area contributed by atoms with E-state index >= 15 is 0 Å². The van der Waals surface area contributed by atoms with Gasteiger partial charge in [0.15, 0.2) is 0 Å². The first-order valence-corrected chi connectivity index (χ1v) is 4.75. The van der Waals surface area contributed by atoms with Gasteiger partial charge in [-0.1, -0.05) is 6.07 Å². The maximum absolute atomic E-state index is 11.3.